The van der Waals surface area contributed by atoms with Crippen molar-refractivity contribution in [2.45, 2.75) is 83.2 Å². The van der Waals surface area contributed by atoms with Crippen LogP contribution < -0.4 is 10.6 Å². The summed E-state index contributed by atoms with van der Waals surface area (Å²) >= 11 is 6.41. The van der Waals surface area contributed by atoms with Gasteiger partial charge >= 0.3 is 12.3 Å². The summed E-state index contributed by atoms with van der Waals surface area (Å²) in [6.07, 6.45) is -4.48. The number of nitrogens with zero attached hydrogens (tertiary/aromatic N) is 7. The zero-order valence-corrected chi connectivity index (χ0v) is 29.7. The fraction of sp³-hybridized carbons (Fsp3) is 0.441. The van der Waals surface area contributed by atoms with Gasteiger partial charge < -0.3 is 15.4 Å². The second-order valence-corrected chi connectivity index (χ2v) is 14.6. The van der Waals surface area contributed by atoms with Crippen LogP contribution in [0.3, 0.4) is 0 Å². The number of rotatable bonds is 11. The van der Waals surface area contributed by atoms with Gasteiger partial charge in [-0.3, -0.25) is 15.1 Å². The second kappa shape index (κ2) is 14.0. The van der Waals surface area contributed by atoms with Crippen LogP contribution in [0.1, 0.15) is 82.4 Å². The normalized spacial score (nSPS) is 19.0. The number of alkyl carbamates (subject to hydrolysis) is 1. The van der Waals surface area contributed by atoms with Crippen LogP contribution in [0.4, 0.5) is 26.7 Å². The number of carbonyl (C=O) groups is 2. The Balaban J connectivity index is 1.39. The van der Waals surface area contributed by atoms with Gasteiger partial charge in [0.05, 0.1) is 29.0 Å². The first-order valence-electron chi connectivity index (χ1n) is 16.6. The summed E-state index contributed by atoms with van der Waals surface area (Å²) in [6, 6.07) is 7.79. The third-order valence-corrected chi connectivity index (χ3v) is 9.19. The molecule has 3 atom stereocenters. The highest BCUT2D eigenvalue weighted by molar-refractivity contribution is 6.32. The average molecular weight is 763 g/mol. The van der Waals surface area contributed by atoms with Crippen LogP contribution in [0.2, 0.25) is 5.02 Å². The molecule has 282 valence electrons. The molecule has 1 aliphatic heterocycles. The van der Waals surface area contributed by atoms with Crippen molar-refractivity contribution in [1.29, 1.82) is 5.41 Å². The number of carbonyl (C=O) groups excluding carboxylic acids is 2. The van der Waals surface area contributed by atoms with Gasteiger partial charge in [-0.05, 0) is 54.9 Å². The number of alkyl halides is 5. The summed E-state index contributed by atoms with van der Waals surface area (Å²) in [5, 5.41) is 26.6. The number of hydrogen-bond acceptors (Lipinski definition) is 8. The summed E-state index contributed by atoms with van der Waals surface area (Å²) in [4.78, 5) is 33.8. The van der Waals surface area contributed by atoms with Crippen molar-refractivity contribution >= 4 is 29.6 Å². The van der Waals surface area contributed by atoms with Crippen LogP contribution >= 0.6 is 11.6 Å². The van der Waals surface area contributed by atoms with Gasteiger partial charge in [0.25, 0.3) is 12.3 Å². The van der Waals surface area contributed by atoms with Gasteiger partial charge in [0.1, 0.15) is 30.2 Å². The van der Waals surface area contributed by atoms with E-state index in [4.69, 9.17) is 21.7 Å². The molecule has 2 aromatic carbocycles. The number of amides is 2. The fourth-order valence-electron chi connectivity index (χ4n) is 6.21. The highest BCUT2D eigenvalue weighted by Crippen LogP contribution is 2.43. The Bertz CT molecular complexity index is 2010. The monoisotopic (exact) mass is 762 g/mol. The molecule has 13 nitrogen and oxygen atoms in total. The molecule has 53 heavy (non-hydrogen) atoms. The van der Waals surface area contributed by atoms with E-state index in [1.807, 2.05) is 20.8 Å². The maximum Gasteiger partial charge on any atom is 0.408 e. The molecule has 0 unspecified atom stereocenters. The lowest BCUT2D eigenvalue weighted by Crippen LogP contribution is -2.47. The molecule has 2 aromatic heterocycles. The minimum absolute atomic E-state index is 0.0298. The van der Waals surface area contributed by atoms with Crippen molar-refractivity contribution in [1.82, 2.24) is 45.3 Å². The molecule has 0 radical (unpaired) electrons. The van der Waals surface area contributed by atoms with Gasteiger partial charge in [-0.2, -0.15) is 33.3 Å². The molecule has 0 bridgehead atoms. The molecule has 1 aliphatic carbocycles. The van der Waals surface area contributed by atoms with Crippen LogP contribution in [0, 0.1) is 10.8 Å². The van der Waals surface area contributed by atoms with E-state index < -0.39 is 66.0 Å². The van der Waals surface area contributed by atoms with E-state index in [0.29, 0.717) is 11.3 Å². The van der Waals surface area contributed by atoms with Gasteiger partial charge in [0, 0.05) is 5.56 Å². The molecule has 3 heterocycles. The molecule has 6 rings (SSSR count). The molecule has 2 fully saturated rings. The first-order valence-corrected chi connectivity index (χ1v) is 17.0. The lowest BCUT2D eigenvalue weighted by atomic mass is 9.75. The summed E-state index contributed by atoms with van der Waals surface area (Å²) < 4.78 is 73.3. The Labute approximate surface area is 305 Å². The Kier molecular flexibility index (Phi) is 9.95. The number of benzene rings is 2. The highest BCUT2D eigenvalue weighted by atomic mass is 35.5. The molecule has 1 saturated heterocycles. The molecule has 2 amide bonds. The van der Waals surface area contributed by atoms with Crippen molar-refractivity contribution in [3.8, 4) is 16.9 Å². The average Bonchev–Trinajstić information content (AvgIpc) is 3.49. The first-order chi connectivity index (χ1) is 24.9. The molecule has 3 N–H and O–H groups in total. The number of ether oxygens (including phenoxy) is 1. The first kappa shape index (κ1) is 37.6. The third-order valence-electron chi connectivity index (χ3n) is 8.87. The largest absolute Gasteiger partial charge is 0.447 e. The fourth-order valence-corrected chi connectivity index (χ4v) is 6.40. The van der Waals surface area contributed by atoms with Crippen molar-refractivity contribution in [2.75, 3.05) is 6.61 Å². The third kappa shape index (κ3) is 7.82. The molecule has 0 spiro atoms. The number of guanidine groups is 1. The molecular weight excluding hydrogens is 727 g/mol. The van der Waals surface area contributed by atoms with E-state index in [1.54, 1.807) is 40.6 Å². The summed E-state index contributed by atoms with van der Waals surface area (Å²) in [7, 11) is 0. The lowest BCUT2D eigenvalue weighted by Gasteiger charge is -2.35. The van der Waals surface area contributed by atoms with E-state index in [0.717, 1.165) is 41.2 Å². The van der Waals surface area contributed by atoms with E-state index in [1.165, 1.54) is 18.2 Å². The van der Waals surface area contributed by atoms with Crippen molar-refractivity contribution in [3.05, 3.63) is 77.0 Å². The van der Waals surface area contributed by atoms with Gasteiger partial charge in [0.2, 0.25) is 0 Å². The predicted octanol–water partition coefficient (Wildman–Crippen LogP) is 6.87. The molecule has 2 aliphatic rings. The Hall–Kier alpha value is -5.13. The van der Waals surface area contributed by atoms with Gasteiger partial charge in [-0.15, -0.1) is 0 Å². The SMILES string of the molecule is C[C@H](NC(=O)OC[C@H](c1ccc(Cl)c(-n2ncnc2C(F)F)c1)N1C(=N)N[C@](CC(C)(C)C)(c2ccc(-c3cnn(C4CC4)n3)cc2)C1=O)C(F)(F)F. The molecule has 19 heteroatoms. The van der Waals surface area contributed by atoms with E-state index in [-0.39, 0.29) is 28.7 Å². The molecule has 1 saturated carbocycles. The summed E-state index contributed by atoms with van der Waals surface area (Å²) in [5.41, 5.74) is -0.0781. The lowest BCUT2D eigenvalue weighted by molar-refractivity contribution is -0.150. The van der Waals surface area contributed by atoms with Gasteiger partial charge in [-0.25, -0.2) is 23.2 Å². The second-order valence-electron chi connectivity index (χ2n) is 14.2. The summed E-state index contributed by atoms with van der Waals surface area (Å²) in [6.45, 7) is 5.73. The Morgan fingerprint density at radius 1 is 1.13 bits per heavy atom. The van der Waals surface area contributed by atoms with E-state index in [2.05, 4.69) is 25.6 Å². The number of aromatic nitrogens is 6. The predicted molar refractivity (Wildman–Crippen MR) is 181 cm³/mol. The van der Waals surface area contributed by atoms with Crippen LogP contribution in [-0.2, 0) is 15.1 Å². The maximum atomic E-state index is 14.9. The highest BCUT2D eigenvalue weighted by Gasteiger charge is 2.54. The van der Waals surface area contributed by atoms with Gasteiger partial charge in [-0.1, -0.05) is 62.7 Å². The van der Waals surface area contributed by atoms with Crippen molar-refractivity contribution in [3.63, 3.8) is 0 Å². The smallest absolute Gasteiger partial charge is 0.408 e. The van der Waals surface area contributed by atoms with Crippen LogP contribution in [0.15, 0.2) is 55.0 Å². The quantitative estimate of drug-likeness (QED) is 0.140. The van der Waals surface area contributed by atoms with Crippen molar-refractivity contribution < 1.29 is 36.3 Å². The van der Waals surface area contributed by atoms with E-state index in [9.17, 15) is 31.5 Å². The van der Waals surface area contributed by atoms with Crippen molar-refractivity contribution in [2.24, 2.45) is 5.41 Å². The zero-order chi connectivity index (χ0) is 38.5. The molecular formula is C34H36ClF5N10O3. The number of nitrogens with one attached hydrogen (secondary N) is 3. The minimum Gasteiger partial charge on any atom is -0.447 e. The topological polar surface area (TPSA) is 156 Å². The minimum atomic E-state index is -4.77. The number of halogens is 6. The van der Waals surface area contributed by atoms with Gasteiger partial charge in [0.15, 0.2) is 11.8 Å². The summed E-state index contributed by atoms with van der Waals surface area (Å²) in [5.74, 6) is -1.77. The zero-order valence-electron chi connectivity index (χ0n) is 29.0. The van der Waals surface area contributed by atoms with Crippen LogP contribution in [0.5, 0.6) is 0 Å². The van der Waals surface area contributed by atoms with Crippen LogP contribution in [-0.4, -0.2) is 71.4 Å². The molecule has 4 aromatic rings. The maximum absolute atomic E-state index is 14.9. The van der Waals surface area contributed by atoms with E-state index >= 15 is 0 Å². The Morgan fingerprint density at radius 3 is 2.45 bits per heavy atom. The standard InChI is InChI=1S/C34H36ClF5N10O3/c1-18(34(38,39)40)45-31(52)53-15-26(20-7-12-23(35)25(13-20)49-28(27(36)37)42-17-44-49)48-29(51)33(46-30(48)41,16-32(2,3)4)21-8-5-19(6-9-21)24-14-43-50(47-24)22-10-11-22/h5-9,12-14,17-18,22,26-27H,10-11,15-16H2,1-4H3,(H2,41,46)(H,45,52)/t18-,26+,33+/m0/s1. The van der Waals surface area contributed by atoms with Crippen LogP contribution in [0.25, 0.3) is 16.9 Å². The Morgan fingerprint density at radius 2 is 1.83 bits per heavy atom. The number of hydrogen-bond donors (Lipinski definition) is 3.